The number of benzene rings is 1. The van der Waals surface area contributed by atoms with E-state index in [1.54, 1.807) is 24.3 Å². The van der Waals surface area contributed by atoms with Crippen LogP contribution in [0, 0.1) is 5.82 Å². The minimum absolute atomic E-state index is 0.000133. The number of amides is 2. The van der Waals surface area contributed by atoms with Crippen molar-refractivity contribution in [3.63, 3.8) is 0 Å². The van der Waals surface area contributed by atoms with Crippen molar-refractivity contribution in [3.8, 4) is 0 Å². The maximum Gasteiger partial charge on any atom is 0.433 e. The molecule has 0 aliphatic carbocycles. The number of nitrogens with two attached hydrogens (primary N) is 2. The van der Waals surface area contributed by atoms with Gasteiger partial charge in [0.15, 0.2) is 0 Å². The third-order valence-electron chi connectivity index (χ3n) is 5.75. The minimum atomic E-state index is -4.61. The summed E-state index contributed by atoms with van der Waals surface area (Å²) in [4.78, 5) is 40.2. The first-order chi connectivity index (χ1) is 19.4. The second-order valence-corrected chi connectivity index (χ2v) is 8.98. The summed E-state index contributed by atoms with van der Waals surface area (Å²) < 4.78 is 54.1. The molecule has 2 aromatic heterocycles. The van der Waals surface area contributed by atoms with E-state index < -0.39 is 35.1 Å². The summed E-state index contributed by atoms with van der Waals surface area (Å²) in [6.45, 7) is 0.127. The van der Waals surface area contributed by atoms with Gasteiger partial charge in [0.05, 0.1) is 24.3 Å². The number of nitrogens with one attached hydrogen (secondary N) is 2. The number of hydrazine groups is 1. The van der Waals surface area contributed by atoms with Gasteiger partial charge in [0.25, 0.3) is 11.5 Å². The maximum absolute atomic E-state index is 14.6. The Labute approximate surface area is 232 Å². The van der Waals surface area contributed by atoms with Crippen LogP contribution in [-0.2, 0) is 35.3 Å². The van der Waals surface area contributed by atoms with Gasteiger partial charge >= 0.3 is 6.18 Å². The fraction of sp³-hybridized carbons (Fsp3) is 0.259. The molecule has 218 valence electrons. The van der Waals surface area contributed by atoms with E-state index in [-0.39, 0.29) is 43.1 Å². The zero-order valence-electron chi connectivity index (χ0n) is 21.8. The third kappa shape index (κ3) is 9.46. The number of nitrogens with zero attached hydrogens (tertiary/aromatic N) is 3. The van der Waals surface area contributed by atoms with E-state index in [1.165, 1.54) is 29.0 Å². The summed E-state index contributed by atoms with van der Waals surface area (Å²) in [5, 5.41) is 5.92. The standard InChI is InChI=1S/C27H29F4N7O3/c28-24-21(36-23(39)15-18-7-2-1-3-8-18)11-14-37(26(24)41)12-4-5-13-38(33)17-20(32)25(40)34-16-19-9-6-10-22(35-19)27(29,30)31/h1-3,6-11,14,17H,4-5,12-13,15-16,32-33H2,(H,34,40)(H,36,39)/b20-17-. The fourth-order valence-electron chi connectivity index (χ4n) is 3.68. The first-order valence-electron chi connectivity index (χ1n) is 12.5. The molecule has 2 amide bonds. The van der Waals surface area contributed by atoms with Gasteiger partial charge in [-0.05, 0) is 36.6 Å². The molecule has 0 aliphatic heterocycles. The van der Waals surface area contributed by atoms with E-state index in [2.05, 4.69) is 15.6 Å². The predicted molar refractivity (Wildman–Crippen MR) is 143 cm³/mol. The van der Waals surface area contributed by atoms with E-state index >= 15 is 0 Å². The summed E-state index contributed by atoms with van der Waals surface area (Å²) in [6.07, 6.45) is -1.16. The number of aromatic nitrogens is 2. The van der Waals surface area contributed by atoms with Crippen molar-refractivity contribution in [2.45, 2.75) is 38.5 Å². The molecular weight excluding hydrogens is 546 g/mol. The van der Waals surface area contributed by atoms with Crippen LogP contribution < -0.4 is 27.8 Å². The lowest BCUT2D eigenvalue weighted by Crippen LogP contribution is -2.33. The Bertz CT molecular complexity index is 1440. The fourth-order valence-corrected chi connectivity index (χ4v) is 3.68. The van der Waals surface area contributed by atoms with Crippen molar-refractivity contribution in [1.82, 2.24) is 19.9 Å². The molecule has 6 N–H and O–H groups in total. The number of pyridine rings is 2. The van der Waals surface area contributed by atoms with Gasteiger partial charge in [-0.15, -0.1) is 0 Å². The second-order valence-electron chi connectivity index (χ2n) is 8.98. The van der Waals surface area contributed by atoms with Crippen LogP contribution in [0.3, 0.4) is 0 Å². The van der Waals surface area contributed by atoms with Crippen molar-refractivity contribution in [2.75, 3.05) is 11.9 Å². The van der Waals surface area contributed by atoms with Crippen LogP contribution in [0.25, 0.3) is 0 Å². The number of anilines is 1. The Morgan fingerprint density at radius 1 is 1.05 bits per heavy atom. The van der Waals surface area contributed by atoms with Gasteiger partial charge in [0.1, 0.15) is 11.4 Å². The molecule has 3 aromatic rings. The lowest BCUT2D eigenvalue weighted by Gasteiger charge is -2.15. The number of carbonyl (C=O) groups is 2. The SMILES string of the molecule is N/C(=C\N(N)CCCCn1ccc(NC(=O)Cc2ccccc2)c(F)c1=O)C(=O)NCc1cccc(C(F)(F)F)n1. The second kappa shape index (κ2) is 14.1. The van der Waals surface area contributed by atoms with E-state index in [0.29, 0.717) is 12.8 Å². The summed E-state index contributed by atoms with van der Waals surface area (Å²) in [5.74, 6) is 3.55. The molecule has 10 nitrogen and oxygen atoms in total. The quantitative estimate of drug-likeness (QED) is 0.0853. The highest BCUT2D eigenvalue weighted by molar-refractivity contribution is 5.92. The Balaban J connectivity index is 1.43. The van der Waals surface area contributed by atoms with Crippen molar-refractivity contribution >= 4 is 17.5 Å². The lowest BCUT2D eigenvalue weighted by molar-refractivity contribution is -0.141. The number of halogens is 4. The Kier molecular flexibility index (Phi) is 10.6. The van der Waals surface area contributed by atoms with Gasteiger partial charge in [-0.3, -0.25) is 14.4 Å². The number of alkyl halides is 3. The summed E-state index contributed by atoms with van der Waals surface area (Å²) in [6, 6.07) is 13.5. The highest BCUT2D eigenvalue weighted by Crippen LogP contribution is 2.27. The summed E-state index contributed by atoms with van der Waals surface area (Å²) >= 11 is 0. The van der Waals surface area contributed by atoms with Gasteiger partial charge < -0.3 is 25.9 Å². The Morgan fingerprint density at radius 2 is 1.78 bits per heavy atom. The number of aryl methyl sites for hydroxylation is 1. The zero-order valence-corrected chi connectivity index (χ0v) is 21.8. The molecule has 0 fully saturated rings. The largest absolute Gasteiger partial charge is 0.433 e. The van der Waals surface area contributed by atoms with Crippen LogP contribution in [0.4, 0.5) is 23.2 Å². The van der Waals surface area contributed by atoms with Gasteiger partial charge in [0.2, 0.25) is 11.7 Å². The van der Waals surface area contributed by atoms with Crippen LogP contribution in [0.2, 0.25) is 0 Å². The van der Waals surface area contributed by atoms with Gasteiger partial charge in [-0.2, -0.15) is 17.6 Å². The first-order valence-corrected chi connectivity index (χ1v) is 12.5. The average molecular weight is 576 g/mol. The summed E-state index contributed by atoms with van der Waals surface area (Å²) in [7, 11) is 0. The van der Waals surface area contributed by atoms with Crippen molar-refractivity contribution in [3.05, 3.63) is 106 Å². The van der Waals surface area contributed by atoms with Crippen LogP contribution in [0.1, 0.15) is 29.8 Å². The number of unbranched alkanes of at least 4 members (excludes halogenated alkanes) is 1. The Morgan fingerprint density at radius 3 is 2.49 bits per heavy atom. The maximum atomic E-state index is 14.6. The molecule has 2 heterocycles. The number of carbonyl (C=O) groups excluding carboxylic acids is 2. The van der Waals surface area contributed by atoms with E-state index in [4.69, 9.17) is 11.6 Å². The predicted octanol–water partition coefficient (Wildman–Crippen LogP) is 2.65. The summed E-state index contributed by atoms with van der Waals surface area (Å²) in [5.41, 5.74) is 4.02. The molecule has 41 heavy (non-hydrogen) atoms. The van der Waals surface area contributed by atoms with Crippen LogP contribution >= 0.6 is 0 Å². The van der Waals surface area contributed by atoms with Gasteiger partial charge in [-0.1, -0.05) is 36.4 Å². The topological polar surface area (TPSA) is 148 Å². The smallest absolute Gasteiger partial charge is 0.393 e. The number of hydrogen-bond acceptors (Lipinski definition) is 7. The highest BCUT2D eigenvalue weighted by atomic mass is 19.4. The molecule has 0 saturated heterocycles. The Hall–Kier alpha value is -4.72. The van der Waals surface area contributed by atoms with Crippen LogP contribution in [0.5, 0.6) is 0 Å². The molecule has 0 saturated carbocycles. The molecule has 0 aliphatic rings. The third-order valence-corrected chi connectivity index (χ3v) is 5.75. The monoisotopic (exact) mass is 575 g/mol. The molecule has 3 rings (SSSR count). The number of rotatable bonds is 12. The minimum Gasteiger partial charge on any atom is -0.393 e. The number of hydrogen-bond donors (Lipinski definition) is 4. The molecule has 0 spiro atoms. The molecule has 14 heteroatoms. The van der Waals surface area contributed by atoms with Crippen molar-refractivity contribution in [1.29, 1.82) is 0 Å². The van der Waals surface area contributed by atoms with E-state index in [9.17, 15) is 31.9 Å². The zero-order chi connectivity index (χ0) is 30.0. The molecule has 1 aromatic carbocycles. The van der Waals surface area contributed by atoms with Gasteiger partial charge in [0, 0.05) is 25.5 Å². The molecular formula is C27H29F4N7O3. The van der Waals surface area contributed by atoms with E-state index in [0.717, 1.165) is 22.8 Å². The molecule has 0 radical (unpaired) electrons. The lowest BCUT2D eigenvalue weighted by atomic mass is 10.1. The average Bonchev–Trinajstić information content (AvgIpc) is 2.93. The first kappa shape index (κ1) is 30.8. The van der Waals surface area contributed by atoms with E-state index in [1.807, 2.05) is 6.07 Å². The molecule has 0 unspecified atom stereocenters. The van der Waals surface area contributed by atoms with Gasteiger partial charge in [-0.25, -0.2) is 10.8 Å². The van der Waals surface area contributed by atoms with Crippen LogP contribution in [-0.4, -0.2) is 32.9 Å². The molecule has 0 bridgehead atoms. The van der Waals surface area contributed by atoms with Crippen molar-refractivity contribution in [2.24, 2.45) is 11.6 Å². The normalized spacial score (nSPS) is 11.7. The highest BCUT2D eigenvalue weighted by Gasteiger charge is 2.32. The van der Waals surface area contributed by atoms with Crippen molar-refractivity contribution < 1.29 is 27.2 Å². The molecule has 0 atom stereocenters. The van der Waals surface area contributed by atoms with Crippen LogP contribution in [0.15, 0.2) is 77.5 Å².